The highest BCUT2D eigenvalue weighted by Gasteiger charge is 2.10. The monoisotopic (exact) mass is 360 g/mol. The summed E-state index contributed by atoms with van der Waals surface area (Å²) in [5.74, 6) is 0.622. The van der Waals surface area contributed by atoms with Gasteiger partial charge in [-0.1, -0.05) is 6.07 Å². The Morgan fingerprint density at radius 2 is 2.32 bits per heavy atom. The number of nitrogens with zero attached hydrogens (tertiary/aromatic N) is 4. The van der Waals surface area contributed by atoms with Gasteiger partial charge in [0.25, 0.3) is 0 Å². The summed E-state index contributed by atoms with van der Waals surface area (Å²) < 4.78 is 6.82. The van der Waals surface area contributed by atoms with E-state index >= 15 is 0 Å². The van der Waals surface area contributed by atoms with Crippen molar-refractivity contribution in [2.75, 3.05) is 25.1 Å². The van der Waals surface area contributed by atoms with E-state index in [1.54, 1.807) is 22.2 Å². The van der Waals surface area contributed by atoms with Crippen LogP contribution in [0.25, 0.3) is 11.0 Å². The van der Waals surface area contributed by atoms with Gasteiger partial charge in [-0.25, -0.2) is 14.6 Å². The van der Waals surface area contributed by atoms with E-state index in [1.165, 1.54) is 11.2 Å². The molecule has 0 unspecified atom stereocenters. The van der Waals surface area contributed by atoms with E-state index in [-0.39, 0.29) is 12.5 Å². The number of anilines is 1. The van der Waals surface area contributed by atoms with Crippen LogP contribution in [0.3, 0.4) is 0 Å². The first-order valence-corrected chi connectivity index (χ1v) is 8.93. The molecule has 0 radical (unpaired) electrons. The number of carbonyl (C=O) groups is 1. The summed E-state index contributed by atoms with van der Waals surface area (Å²) in [4.78, 5) is 21.4. The summed E-state index contributed by atoms with van der Waals surface area (Å²) in [5.41, 5.74) is 0.739. The molecular weight excluding hydrogens is 340 g/mol. The van der Waals surface area contributed by atoms with Gasteiger partial charge in [-0.15, -0.1) is 11.3 Å². The van der Waals surface area contributed by atoms with Crippen LogP contribution in [0.1, 0.15) is 11.8 Å². The van der Waals surface area contributed by atoms with Crippen LogP contribution in [0.5, 0.6) is 0 Å². The van der Waals surface area contributed by atoms with Crippen molar-refractivity contribution in [3.8, 4) is 0 Å². The Labute approximate surface area is 149 Å². The highest BCUT2D eigenvalue weighted by atomic mass is 32.1. The van der Waals surface area contributed by atoms with Crippen LogP contribution in [0, 0.1) is 0 Å². The number of nitrogens with one attached hydrogen (secondary N) is 2. The number of thiophene rings is 1. The molecule has 0 saturated heterocycles. The second-order valence-electron chi connectivity index (χ2n) is 5.25. The molecule has 0 atom stereocenters. The predicted molar refractivity (Wildman–Crippen MR) is 96.5 cm³/mol. The number of fused-ring (bicyclic) bond motifs is 1. The summed E-state index contributed by atoms with van der Waals surface area (Å²) in [6, 6.07) is 4.10. The zero-order valence-electron chi connectivity index (χ0n) is 13.9. The van der Waals surface area contributed by atoms with E-state index in [0.29, 0.717) is 26.2 Å². The lowest BCUT2D eigenvalue weighted by molar-refractivity contribution is -0.125. The maximum Gasteiger partial charge on any atom is 0.246 e. The minimum Gasteiger partial charge on any atom is -0.372 e. The van der Waals surface area contributed by atoms with Crippen LogP contribution < -0.4 is 10.6 Å². The van der Waals surface area contributed by atoms with Gasteiger partial charge < -0.3 is 15.4 Å². The van der Waals surface area contributed by atoms with E-state index < -0.39 is 0 Å². The Morgan fingerprint density at radius 3 is 3.12 bits per heavy atom. The number of ether oxygens (including phenoxy) is 1. The van der Waals surface area contributed by atoms with Gasteiger partial charge in [0.15, 0.2) is 5.65 Å². The third-order valence-electron chi connectivity index (χ3n) is 3.53. The molecule has 0 spiro atoms. The molecule has 25 heavy (non-hydrogen) atoms. The van der Waals surface area contributed by atoms with Crippen LogP contribution >= 0.6 is 11.3 Å². The highest BCUT2D eigenvalue weighted by molar-refractivity contribution is 7.09. The van der Waals surface area contributed by atoms with E-state index in [2.05, 4.69) is 31.8 Å². The number of hydrogen-bond donors (Lipinski definition) is 2. The lowest BCUT2D eigenvalue weighted by Gasteiger charge is -2.07. The van der Waals surface area contributed by atoms with Crippen molar-refractivity contribution < 1.29 is 9.53 Å². The first-order valence-electron chi connectivity index (χ1n) is 8.05. The number of carbonyl (C=O) groups excluding carboxylic acids is 1. The van der Waals surface area contributed by atoms with E-state index in [1.807, 2.05) is 18.4 Å². The zero-order valence-corrected chi connectivity index (χ0v) is 14.8. The first kappa shape index (κ1) is 17.3. The fraction of sp³-hybridized carbons (Fsp3) is 0.375. The summed E-state index contributed by atoms with van der Waals surface area (Å²) in [5, 5.41) is 13.4. The Kier molecular flexibility index (Phi) is 5.91. The molecule has 9 heteroatoms. The highest BCUT2D eigenvalue weighted by Crippen LogP contribution is 2.20. The molecule has 0 fully saturated rings. The van der Waals surface area contributed by atoms with Gasteiger partial charge >= 0.3 is 0 Å². The van der Waals surface area contributed by atoms with Gasteiger partial charge in [0.2, 0.25) is 5.91 Å². The normalized spacial score (nSPS) is 10.9. The molecule has 0 aliphatic carbocycles. The average molecular weight is 360 g/mol. The fourth-order valence-corrected chi connectivity index (χ4v) is 2.97. The van der Waals surface area contributed by atoms with Crippen molar-refractivity contribution in [2.45, 2.75) is 20.0 Å². The number of rotatable bonds is 9. The second kappa shape index (κ2) is 8.54. The molecule has 0 bridgehead atoms. The van der Waals surface area contributed by atoms with Gasteiger partial charge in [-0.2, -0.15) is 5.10 Å². The lowest BCUT2D eigenvalue weighted by Crippen LogP contribution is -2.30. The molecule has 0 aromatic carbocycles. The van der Waals surface area contributed by atoms with E-state index in [9.17, 15) is 4.79 Å². The molecule has 3 heterocycles. The molecule has 1 amide bonds. The molecule has 3 aromatic rings. The third-order valence-corrected chi connectivity index (χ3v) is 4.40. The van der Waals surface area contributed by atoms with E-state index in [0.717, 1.165) is 16.9 Å². The number of amides is 1. The maximum absolute atomic E-state index is 11.5. The first-order chi connectivity index (χ1) is 12.3. The quantitative estimate of drug-likeness (QED) is 0.603. The minimum atomic E-state index is -0.133. The Bertz CT molecular complexity index is 817. The van der Waals surface area contributed by atoms with Gasteiger partial charge in [-0.3, -0.25) is 4.79 Å². The molecule has 0 aliphatic heterocycles. The Hall–Kier alpha value is -2.52. The van der Waals surface area contributed by atoms with Crippen molar-refractivity contribution in [1.82, 2.24) is 25.1 Å². The van der Waals surface area contributed by atoms with Crippen LogP contribution in [0.4, 0.5) is 5.82 Å². The minimum absolute atomic E-state index is 0.0787. The van der Waals surface area contributed by atoms with Crippen LogP contribution in [-0.4, -0.2) is 45.4 Å². The SMILES string of the molecule is CCOCC(=O)NCCn1ncc2c(NCc3cccs3)ncnc21. The molecule has 0 saturated carbocycles. The molecule has 2 N–H and O–H groups in total. The summed E-state index contributed by atoms with van der Waals surface area (Å²) in [6.45, 7) is 4.16. The van der Waals surface area contributed by atoms with Gasteiger partial charge in [0, 0.05) is 18.0 Å². The number of aromatic nitrogens is 4. The van der Waals surface area contributed by atoms with Crippen LogP contribution in [0.15, 0.2) is 30.0 Å². The van der Waals surface area contributed by atoms with Crippen LogP contribution in [0.2, 0.25) is 0 Å². The molecule has 3 rings (SSSR count). The van der Waals surface area contributed by atoms with Gasteiger partial charge in [-0.05, 0) is 18.4 Å². The summed E-state index contributed by atoms with van der Waals surface area (Å²) in [6.07, 6.45) is 3.26. The Balaban J connectivity index is 1.61. The predicted octanol–water partition coefficient (Wildman–Crippen LogP) is 1.65. The molecule has 3 aromatic heterocycles. The van der Waals surface area contributed by atoms with Crippen molar-refractivity contribution in [2.24, 2.45) is 0 Å². The standard InChI is InChI=1S/C16H20N6O2S/c1-2-24-10-14(23)17-5-6-22-16-13(9-21-22)15(19-11-20-16)18-8-12-4-3-7-25-12/h3-4,7,9,11H,2,5-6,8,10H2,1H3,(H,17,23)(H,18,19,20). The average Bonchev–Trinajstić information content (AvgIpc) is 3.28. The fourth-order valence-electron chi connectivity index (χ4n) is 2.33. The van der Waals surface area contributed by atoms with Crippen molar-refractivity contribution >= 4 is 34.1 Å². The van der Waals surface area contributed by atoms with E-state index in [4.69, 9.17) is 4.74 Å². The van der Waals surface area contributed by atoms with Crippen molar-refractivity contribution in [3.05, 3.63) is 34.9 Å². The summed E-state index contributed by atoms with van der Waals surface area (Å²) >= 11 is 1.69. The third kappa shape index (κ3) is 4.52. The van der Waals surface area contributed by atoms with Crippen LogP contribution in [-0.2, 0) is 22.6 Å². The second-order valence-corrected chi connectivity index (χ2v) is 6.28. The molecular formula is C16H20N6O2S. The van der Waals surface area contributed by atoms with Gasteiger partial charge in [0.1, 0.15) is 18.8 Å². The smallest absolute Gasteiger partial charge is 0.246 e. The molecule has 132 valence electrons. The molecule has 0 aliphatic rings. The zero-order chi connectivity index (χ0) is 17.5. The largest absolute Gasteiger partial charge is 0.372 e. The van der Waals surface area contributed by atoms with Crippen molar-refractivity contribution in [3.63, 3.8) is 0 Å². The topological polar surface area (TPSA) is 94.0 Å². The Morgan fingerprint density at radius 1 is 1.40 bits per heavy atom. The number of hydrogen-bond acceptors (Lipinski definition) is 7. The molecule has 8 nitrogen and oxygen atoms in total. The van der Waals surface area contributed by atoms with Gasteiger partial charge in [0.05, 0.1) is 24.7 Å². The van der Waals surface area contributed by atoms with Crippen molar-refractivity contribution in [1.29, 1.82) is 0 Å². The lowest BCUT2D eigenvalue weighted by atomic mass is 10.3. The maximum atomic E-state index is 11.5. The summed E-state index contributed by atoms with van der Waals surface area (Å²) in [7, 11) is 0.